The van der Waals surface area contributed by atoms with Crippen LogP contribution in [0.3, 0.4) is 0 Å². The minimum absolute atomic E-state index is 0.190. The second-order valence-corrected chi connectivity index (χ2v) is 3.68. The third kappa shape index (κ3) is 7.43. The molecule has 0 aliphatic heterocycles. The molecule has 0 fully saturated rings. The normalized spacial score (nSPS) is 12.2. The van der Waals surface area contributed by atoms with Crippen LogP contribution in [0.4, 0.5) is 0 Å². The molecule has 4 nitrogen and oxygen atoms in total. The number of hydrogen-bond donors (Lipinski definition) is 1. The standard InChI is InChI=1S/C12H23NO3/c1-5-11(12(14)16-6-2)13-7-8-15-9-10(3)4/h11,13H,3,5-9H2,1-2,4H3. The fourth-order valence-electron chi connectivity index (χ4n) is 1.19. The van der Waals surface area contributed by atoms with Crippen molar-refractivity contribution in [3.63, 3.8) is 0 Å². The van der Waals surface area contributed by atoms with E-state index < -0.39 is 0 Å². The molecule has 0 heterocycles. The maximum atomic E-state index is 11.4. The molecule has 0 aromatic carbocycles. The number of hydrogen-bond acceptors (Lipinski definition) is 4. The highest BCUT2D eigenvalue weighted by Crippen LogP contribution is 1.95. The van der Waals surface area contributed by atoms with Gasteiger partial charge in [0.05, 0.1) is 19.8 Å². The van der Waals surface area contributed by atoms with Crippen LogP contribution in [0, 0.1) is 0 Å². The van der Waals surface area contributed by atoms with E-state index in [2.05, 4.69) is 11.9 Å². The summed E-state index contributed by atoms with van der Waals surface area (Å²) < 4.78 is 10.2. The van der Waals surface area contributed by atoms with E-state index in [0.29, 0.717) is 26.4 Å². The van der Waals surface area contributed by atoms with Gasteiger partial charge < -0.3 is 14.8 Å². The molecule has 1 unspecified atom stereocenters. The van der Waals surface area contributed by atoms with Crippen LogP contribution >= 0.6 is 0 Å². The average Bonchev–Trinajstić information content (AvgIpc) is 2.23. The zero-order valence-corrected chi connectivity index (χ0v) is 10.5. The largest absolute Gasteiger partial charge is 0.465 e. The molecular formula is C12H23NO3. The smallest absolute Gasteiger partial charge is 0.323 e. The zero-order valence-electron chi connectivity index (χ0n) is 10.5. The lowest BCUT2D eigenvalue weighted by Gasteiger charge is -2.15. The number of esters is 1. The lowest BCUT2D eigenvalue weighted by molar-refractivity contribution is -0.145. The average molecular weight is 229 g/mol. The number of carbonyl (C=O) groups is 1. The summed E-state index contributed by atoms with van der Waals surface area (Å²) in [6, 6.07) is -0.228. The van der Waals surface area contributed by atoms with Crippen molar-refractivity contribution in [3.8, 4) is 0 Å². The van der Waals surface area contributed by atoms with Gasteiger partial charge >= 0.3 is 5.97 Å². The fraction of sp³-hybridized carbons (Fsp3) is 0.750. The van der Waals surface area contributed by atoms with E-state index in [1.165, 1.54) is 0 Å². The second-order valence-electron chi connectivity index (χ2n) is 3.68. The van der Waals surface area contributed by atoms with Crippen molar-refractivity contribution in [3.05, 3.63) is 12.2 Å². The molecule has 94 valence electrons. The Morgan fingerprint density at radius 1 is 1.44 bits per heavy atom. The van der Waals surface area contributed by atoms with Crippen LogP contribution in [0.5, 0.6) is 0 Å². The molecule has 0 radical (unpaired) electrons. The van der Waals surface area contributed by atoms with Crippen LogP contribution in [-0.2, 0) is 14.3 Å². The van der Waals surface area contributed by atoms with Crippen LogP contribution in [0.1, 0.15) is 27.2 Å². The maximum absolute atomic E-state index is 11.4. The molecule has 1 atom stereocenters. The lowest BCUT2D eigenvalue weighted by Crippen LogP contribution is -2.39. The summed E-state index contributed by atoms with van der Waals surface area (Å²) in [5.74, 6) is -0.190. The second kappa shape index (κ2) is 9.36. The molecule has 0 saturated heterocycles. The molecule has 0 aromatic heterocycles. The quantitative estimate of drug-likeness (QED) is 0.370. The zero-order chi connectivity index (χ0) is 12.4. The van der Waals surface area contributed by atoms with Gasteiger partial charge in [-0.15, -0.1) is 0 Å². The molecule has 0 aliphatic rings. The number of carbonyl (C=O) groups excluding carboxylic acids is 1. The molecule has 0 rings (SSSR count). The molecule has 0 aromatic rings. The van der Waals surface area contributed by atoms with Gasteiger partial charge in [0.25, 0.3) is 0 Å². The molecule has 0 saturated carbocycles. The molecule has 4 heteroatoms. The SMILES string of the molecule is C=C(C)COCCNC(CC)C(=O)OCC. The Balaban J connectivity index is 3.62. The molecule has 0 aliphatic carbocycles. The summed E-state index contributed by atoms with van der Waals surface area (Å²) in [4.78, 5) is 11.4. The van der Waals surface area contributed by atoms with Gasteiger partial charge in [-0.1, -0.05) is 19.1 Å². The van der Waals surface area contributed by atoms with Crippen molar-refractivity contribution < 1.29 is 14.3 Å². The Labute approximate surface area is 98.0 Å². The van der Waals surface area contributed by atoms with Gasteiger partial charge in [-0.25, -0.2) is 0 Å². The lowest BCUT2D eigenvalue weighted by atomic mass is 10.2. The van der Waals surface area contributed by atoms with Crippen molar-refractivity contribution in [2.24, 2.45) is 0 Å². The first kappa shape index (κ1) is 15.1. The minimum Gasteiger partial charge on any atom is -0.465 e. The van der Waals surface area contributed by atoms with Crippen LogP contribution in [-0.4, -0.2) is 38.4 Å². The third-order valence-electron chi connectivity index (χ3n) is 1.96. The van der Waals surface area contributed by atoms with E-state index in [1.807, 2.05) is 13.8 Å². The molecule has 0 bridgehead atoms. The Hall–Kier alpha value is -0.870. The van der Waals surface area contributed by atoms with Crippen LogP contribution in [0.15, 0.2) is 12.2 Å². The van der Waals surface area contributed by atoms with Crippen molar-refractivity contribution in [2.45, 2.75) is 33.2 Å². The Morgan fingerprint density at radius 2 is 2.12 bits per heavy atom. The summed E-state index contributed by atoms with van der Waals surface area (Å²) >= 11 is 0. The van der Waals surface area contributed by atoms with Gasteiger partial charge in [-0.05, 0) is 20.3 Å². The highest BCUT2D eigenvalue weighted by Gasteiger charge is 2.15. The van der Waals surface area contributed by atoms with E-state index in [0.717, 1.165) is 12.0 Å². The predicted molar refractivity (Wildman–Crippen MR) is 64.3 cm³/mol. The van der Waals surface area contributed by atoms with Crippen molar-refractivity contribution in [2.75, 3.05) is 26.4 Å². The Kier molecular flexibility index (Phi) is 8.85. The summed E-state index contributed by atoms with van der Waals surface area (Å²) in [6.07, 6.45) is 0.722. The minimum atomic E-state index is -0.228. The predicted octanol–water partition coefficient (Wildman–Crippen LogP) is 1.51. The van der Waals surface area contributed by atoms with E-state index in [4.69, 9.17) is 9.47 Å². The first-order chi connectivity index (χ1) is 7.61. The van der Waals surface area contributed by atoms with E-state index in [1.54, 1.807) is 6.92 Å². The highest BCUT2D eigenvalue weighted by atomic mass is 16.5. The summed E-state index contributed by atoms with van der Waals surface area (Å²) in [5, 5.41) is 3.10. The topological polar surface area (TPSA) is 47.6 Å². The maximum Gasteiger partial charge on any atom is 0.323 e. The van der Waals surface area contributed by atoms with Crippen molar-refractivity contribution >= 4 is 5.97 Å². The van der Waals surface area contributed by atoms with Gasteiger partial charge in [0.1, 0.15) is 6.04 Å². The van der Waals surface area contributed by atoms with Crippen LogP contribution < -0.4 is 5.32 Å². The monoisotopic (exact) mass is 229 g/mol. The molecule has 0 spiro atoms. The molecule has 16 heavy (non-hydrogen) atoms. The number of ether oxygens (including phenoxy) is 2. The Morgan fingerprint density at radius 3 is 2.62 bits per heavy atom. The van der Waals surface area contributed by atoms with E-state index in [9.17, 15) is 4.79 Å². The Bertz CT molecular complexity index is 216. The number of nitrogens with one attached hydrogen (secondary N) is 1. The van der Waals surface area contributed by atoms with Gasteiger partial charge in [-0.3, -0.25) is 4.79 Å². The summed E-state index contributed by atoms with van der Waals surface area (Å²) in [5.41, 5.74) is 0.998. The van der Waals surface area contributed by atoms with Gasteiger partial charge in [-0.2, -0.15) is 0 Å². The molecule has 0 amide bonds. The van der Waals surface area contributed by atoms with Crippen LogP contribution in [0.25, 0.3) is 0 Å². The van der Waals surface area contributed by atoms with E-state index >= 15 is 0 Å². The molecule has 1 N–H and O–H groups in total. The van der Waals surface area contributed by atoms with Gasteiger partial charge in [0.15, 0.2) is 0 Å². The molecular weight excluding hydrogens is 206 g/mol. The van der Waals surface area contributed by atoms with Crippen molar-refractivity contribution in [1.82, 2.24) is 5.32 Å². The van der Waals surface area contributed by atoms with Gasteiger partial charge in [0, 0.05) is 6.54 Å². The van der Waals surface area contributed by atoms with Crippen molar-refractivity contribution in [1.29, 1.82) is 0 Å². The summed E-state index contributed by atoms with van der Waals surface area (Å²) in [7, 11) is 0. The van der Waals surface area contributed by atoms with Crippen LogP contribution in [0.2, 0.25) is 0 Å². The first-order valence-corrected chi connectivity index (χ1v) is 5.73. The van der Waals surface area contributed by atoms with E-state index in [-0.39, 0.29) is 12.0 Å². The van der Waals surface area contributed by atoms with Gasteiger partial charge in [0.2, 0.25) is 0 Å². The highest BCUT2D eigenvalue weighted by molar-refractivity contribution is 5.75. The third-order valence-corrected chi connectivity index (χ3v) is 1.96. The fourth-order valence-corrected chi connectivity index (χ4v) is 1.19. The first-order valence-electron chi connectivity index (χ1n) is 5.73. The number of rotatable bonds is 9. The summed E-state index contributed by atoms with van der Waals surface area (Å²) in [6.45, 7) is 11.6.